The third-order valence-corrected chi connectivity index (χ3v) is 5.54. The summed E-state index contributed by atoms with van der Waals surface area (Å²) in [5, 5.41) is 9.19. The van der Waals surface area contributed by atoms with Gasteiger partial charge in [0.05, 0.1) is 4.90 Å². The van der Waals surface area contributed by atoms with Crippen LogP contribution in [0.1, 0.15) is 38.5 Å². The molecule has 2 aromatic rings. The van der Waals surface area contributed by atoms with Gasteiger partial charge < -0.3 is 4.57 Å². The first-order valence-corrected chi connectivity index (χ1v) is 9.73. The normalized spacial score (nSPS) is 14.0. The van der Waals surface area contributed by atoms with Gasteiger partial charge in [-0.25, -0.2) is 8.42 Å². The summed E-state index contributed by atoms with van der Waals surface area (Å²) in [6, 6.07) is 7.00. The lowest BCUT2D eigenvalue weighted by molar-refractivity contribution is 0.367. The van der Waals surface area contributed by atoms with Crippen molar-refractivity contribution in [3.63, 3.8) is 0 Å². The predicted octanol–water partition coefficient (Wildman–Crippen LogP) is 3.29. The minimum absolute atomic E-state index is 0.0777. The van der Waals surface area contributed by atoms with Crippen LogP contribution in [0.15, 0.2) is 40.6 Å². The van der Waals surface area contributed by atoms with E-state index in [-0.39, 0.29) is 10.8 Å². The second kappa shape index (κ2) is 6.04. The monoisotopic (exact) mass is 339 g/mol. The summed E-state index contributed by atoms with van der Waals surface area (Å²) in [4.78, 5) is 0.339. The van der Waals surface area contributed by atoms with Gasteiger partial charge in [-0.1, -0.05) is 23.9 Å². The zero-order chi connectivity index (χ0) is 16.5. The van der Waals surface area contributed by atoms with Gasteiger partial charge in [0.15, 0.2) is 15.0 Å². The van der Waals surface area contributed by atoms with E-state index in [9.17, 15) is 8.42 Å². The molecule has 0 radical (unpaired) electrons. The molecule has 2 rings (SSSR count). The number of nitrogens with zero attached hydrogens (tertiary/aromatic N) is 3. The second-order valence-corrected chi connectivity index (χ2v) is 9.58. The molecule has 0 aliphatic carbocycles. The Morgan fingerprint density at radius 3 is 2.27 bits per heavy atom. The Morgan fingerprint density at radius 1 is 1.18 bits per heavy atom. The van der Waals surface area contributed by atoms with Crippen LogP contribution in [0.2, 0.25) is 0 Å². The minimum atomic E-state index is -3.15. The van der Waals surface area contributed by atoms with Gasteiger partial charge in [-0.15, -0.1) is 10.2 Å². The maximum atomic E-state index is 11.5. The quantitative estimate of drug-likeness (QED) is 0.800. The van der Waals surface area contributed by atoms with Crippen molar-refractivity contribution < 1.29 is 8.42 Å². The van der Waals surface area contributed by atoms with Gasteiger partial charge in [-0.3, -0.25) is 0 Å². The van der Waals surface area contributed by atoms with Crippen LogP contribution in [0, 0.1) is 0 Å². The van der Waals surface area contributed by atoms with Crippen LogP contribution in [-0.2, 0) is 15.4 Å². The van der Waals surface area contributed by atoms with Crippen LogP contribution < -0.4 is 0 Å². The van der Waals surface area contributed by atoms with Gasteiger partial charge >= 0.3 is 0 Å². The second-order valence-electron chi connectivity index (χ2n) is 6.26. The molecule has 1 heterocycles. The topological polar surface area (TPSA) is 64.8 Å². The highest BCUT2D eigenvalue weighted by Gasteiger charge is 2.20. The summed E-state index contributed by atoms with van der Waals surface area (Å²) < 4.78 is 25.0. The number of hydrogen-bond donors (Lipinski definition) is 0. The van der Waals surface area contributed by atoms with E-state index in [4.69, 9.17) is 0 Å². The van der Waals surface area contributed by atoms with Crippen molar-refractivity contribution in [1.82, 2.24) is 14.8 Å². The molecular weight excluding hydrogens is 318 g/mol. The maximum Gasteiger partial charge on any atom is 0.192 e. The maximum absolute atomic E-state index is 11.5. The molecular formula is C15H21N3O2S2. The van der Waals surface area contributed by atoms with E-state index in [1.54, 1.807) is 30.2 Å². The van der Waals surface area contributed by atoms with E-state index in [1.165, 1.54) is 6.26 Å². The lowest BCUT2D eigenvalue weighted by Crippen LogP contribution is -2.21. The van der Waals surface area contributed by atoms with Crippen molar-refractivity contribution >= 4 is 21.6 Å². The van der Waals surface area contributed by atoms with Crippen molar-refractivity contribution in [3.8, 4) is 0 Å². The summed E-state index contributed by atoms with van der Waals surface area (Å²) in [5.74, 6) is 0. The average Bonchev–Trinajstić information content (AvgIpc) is 2.86. The number of benzene rings is 1. The number of thioether (sulfide) groups is 1. The van der Waals surface area contributed by atoms with Crippen LogP contribution >= 0.6 is 11.8 Å². The first kappa shape index (κ1) is 17.0. The van der Waals surface area contributed by atoms with Crippen molar-refractivity contribution in [2.75, 3.05) is 6.26 Å². The first-order valence-electron chi connectivity index (χ1n) is 6.96. The summed E-state index contributed by atoms with van der Waals surface area (Å²) in [6.07, 6.45) is 2.95. The van der Waals surface area contributed by atoms with Gasteiger partial charge in [-0.05, 0) is 45.4 Å². The highest BCUT2D eigenvalue weighted by atomic mass is 32.2. The smallest absolute Gasteiger partial charge is 0.192 e. The Morgan fingerprint density at radius 2 is 1.77 bits per heavy atom. The van der Waals surface area contributed by atoms with Gasteiger partial charge in [0.1, 0.15) is 6.33 Å². The van der Waals surface area contributed by atoms with Gasteiger partial charge in [0, 0.05) is 17.0 Å². The summed E-state index contributed by atoms with van der Waals surface area (Å²) in [6.45, 7) is 8.38. The third kappa shape index (κ3) is 3.89. The molecule has 1 aromatic heterocycles. The summed E-state index contributed by atoms with van der Waals surface area (Å²) in [5.41, 5.74) is 0.979. The molecule has 0 amide bonds. The molecule has 1 atom stereocenters. The Hall–Kier alpha value is -1.34. The zero-order valence-electron chi connectivity index (χ0n) is 13.4. The third-order valence-electron chi connectivity index (χ3n) is 3.30. The standard InChI is InChI=1S/C15H21N3O2S2/c1-11(12-6-8-13(9-7-12)22(5,19)20)21-14-17-16-10-18(14)15(2,3)4/h6-11H,1-5H3. The molecule has 0 saturated carbocycles. The number of hydrogen-bond acceptors (Lipinski definition) is 5. The fraction of sp³-hybridized carbons (Fsp3) is 0.467. The van der Waals surface area contributed by atoms with Crippen molar-refractivity contribution in [2.24, 2.45) is 0 Å². The summed E-state index contributed by atoms with van der Waals surface area (Å²) in [7, 11) is -3.15. The van der Waals surface area contributed by atoms with Crippen LogP contribution in [0.3, 0.4) is 0 Å². The fourth-order valence-corrected chi connectivity index (χ4v) is 3.75. The average molecular weight is 339 g/mol. The molecule has 0 N–H and O–H groups in total. The molecule has 7 heteroatoms. The van der Waals surface area contributed by atoms with E-state index < -0.39 is 9.84 Å². The number of sulfone groups is 1. The van der Waals surface area contributed by atoms with Crippen LogP contribution in [0.4, 0.5) is 0 Å². The summed E-state index contributed by atoms with van der Waals surface area (Å²) >= 11 is 1.61. The lowest BCUT2D eigenvalue weighted by atomic mass is 10.1. The molecule has 5 nitrogen and oxygen atoms in total. The van der Waals surface area contributed by atoms with Gasteiger partial charge in [0.2, 0.25) is 0 Å². The molecule has 0 bridgehead atoms. The fourth-order valence-electron chi connectivity index (χ4n) is 1.98. The van der Waals surface area contributed by atoms with E-state index >= 15 is 0 Å². The molecule has 0 aliphatic rings. The van der Waals surface area contributed by atoms with Crippen LogP contribution in [-0.4, -0.2) is 29.4 Å². The van der Waals surface area contributed by atoms with E-state index in [2.05, 4.69) is 37.9 Å². The van der Waals surface area contributed by atoms with E-state index in [0.29, 0.717) is 4.90 Å². The highest BCUT2D eigenvalue weighted by Crippen LogP contribution is 2.35. The lowest BCUT2D eigenvalue weighted by Gasteiger charge is -2.23. The number of rotatable bonds is 4. The van der Waals surface area contributed by atoms with Crippen LogP contribution in [0.5, 0.6) is 0 Å². The molecule has 0 aliphatic heterocycles. The Kier molecular flexibility index (Phi) is 4.67. The molecule has 1 aromatic carbocycles. The van der Waals surface area contributed by atoms with Crippen LogP contribution in [0.25, 0.3) is 0 Å². The highest BCUT2D eigenvalue weighted by molar-refractivity contribution is 7.99. The van der Waals surface area contributed by atoms with E-state index in [1.807, 2.05) is 16.7 Å². The Balaban J connectivity index is 2.20. The first-order chi connectivity index (χ1) is 10.1. The molecule has 0 spiro atoms. The van der Waals surface area contributed by atoms with Gasteiger partial charge in [-0.2, -0.15) is 0 Å². The molecule has 120 valence electrons. The van der Waals surface area contributed by atoms with Crippen molar-refractivity contribution in [1.29, 1.82) is 0 Å². The molecule has 0 fully saturated rings. The zero-order valence-corrected chi connectivity index (χ0v) is 15.1. The minimum Gasteiger partial charge on any atom is -0.303 e. The van der Waals surface area contributed by atoms with Crippen molar-refractivity contribution in [2.45, 2.75) is 48.5 Å². The molecule has 22 heavy (non-hydrogen) atoms. The SMILES string of the molecule is CC(Sc1nncn1C(C)(C)C)c1ccc(S(C)(=O)=O)cc1. The van der Waals surface area contributed by atoms with Crippen molar-refractivity contribution in [3.05, 3.63) is 36.2 Å². The predicted molar refractivity (Wildman–Crippen MR) is 88.8 cm³/mol. The largest absolute Gasteiger partial charge is 0.303 e. The van der Waals surface area contributed by atoms with Gasteiger partial charge in [0.25, 0.3) is 0 Å². The number of aromatic nitrogens is 3. The Labute approximate surface area is 136 Å². The Bertz CT molecular complexity index is 744. The molecule has 1 unspecified atom stereocenters. The van der Waals surface area contributed by atoms with E-state index in [0.717, 1.165) is 10.7 Å². The molecule has 0 saturated heterocycles.